The molecule has 0 aromatic heterocycles. The number of hydrogen-bond donors (Lipinski definition) is 0. The lowest BCUT2D eigenvalue weighted by Crippen LogP contribution is -2.75. The first-order valence-electron chi connectivity index (χ1n) is 32.2. The maximum Gasteiger partial charge on any atom is 0.416 e. The zero-order chi connectivity index (χ0) is 80.7. The Kier molecular flexibility index (Phi) is 33.1. The van der Waals surface area contributed by atoms with Crippen molar-refractivity contribution in [3.8, 4) is 17.2 Å². The van der Waals surface area contributed by atoms with Gasteiger partial charge >= 0.3 is 49.4 Å². The van der Waals surface area contributed by atoms with Crippen molar-refractivity contribution in [2.45, 2.75) is 64.1 Å². The Morgan fingerprint density at radius 3 is 0.569 bits per heavy atom. The number of hydrogen-bond acceptors (Lipinski definition) is 12. The van der Waals surface area contributed by atoms with Crippen LogP contribution in [0.5, 0.6) is 17.2 Å². The molecular formula is C71H69BF24O12S. The van der Waals surface area contributed by atoms with Crippen molar-refractivity contribution in [2.75, 3.05) is 140 Å². The Balaban J connectivity index is 0.000000342. The molecule has 0 aliphatic rings. The molecule has 0 spiro atoms. The topological polar surface area (TPSA) is 111 Å². The van der Waals surface area contributed by atoms with Crippen molar-refractivity contribution < 1.29 is 162 Å². The Morgan fingerprint density at radius 2 is 0.394 bits per heavy atom. The summed E-state index contributed by atoms with van der Waals surface area (Å²) >= 11 is 0. The Labute approximate surface area is 610 Å². The van der Waals surface area contributed by atoms with Gasteiger partial charge in [-0.05, 0) is 60.7 Å². The molecule has 7 aromatic carbocycles. The van der Waals surface area contributed by atoms with Gasteiger partial charge in [0.2, 0.25) is 14.7 Å². The van der Waals surface area contributed by atoms with E-state index in [1.165, 1.54) is 0 Å². The molecule has 0 heterocycles. The molecule has 0 aliphatic heterocycles. The van der Waals surface area contributed by atoms with E-state index >= 15 is 0 Å². The second-order valence-corrected chi connectivity index (χ2v) is 25.0. The minimum Gasteiger partial charge on any atom is -0.486 e. The smallest absolute Gasteiger partial charge is 0.416 e. The largest absolute Gasteiger partial charge is 0.486 e. The third kappa shape index (κ3) is 26.8. The number of rotatable bonds is 37. The van der Waals surface area contributed by atoms with E-state index in [2.05, 4.69) is 18.2 Å². The van der Waals surface area contributed by atoms with Crippen molar-refractivity contribution in [2.24, 2.45) is 0 Å². The molecule has 0 radical (unpaired) electrons. The molecule has 0 saturated carbocycles. The van der Waals surface area contributed by atoms with Crippen molar-refractivity contribution in [1.82, 2.24) is 0 Å². The lowest BCUT2D eigenvalue weighted by atomic mass is 9.12. The van der Waals surface area contributed by atoms with E-state index in [0.29, 0.717) is 119 Å². The van der Waals surface area contributed by atoms with Crippen LogP contribution in [-0.4, -0.2) is 146 Å². The molecule has 109 heavy (non-hydrogen) atoms. The number of methoxy groups -OCH3 is 3. The fourth-order valence-corrected chi connectivity index (χ4v) is 13.0. The Hall–Kier alpha value is -7.69. The average molecular weight is 1610 g/mol. The van der Waals surface area contributed by atoms with Gasteiger partial charge < -0.3 is 56.8 Å². The molecule has 0 N–H and O–H groups in total. The van der Waals surface area contributed by atoms with Gasteiger partial charge in [-0.1, -0.05) is 84.9 Å². The van der Waals surface area contributed by atoms with Gasteiger partial charge in [0, 0.05) is 21.3 Å². The molecule has 0 bridgehead atoms. The molecule has 0 amide bonds. The summed E-state index contributed by atoms with van der Waals surface area (Å²) in [7, 11) is 4.27. The molecule has 0 unspecified atom stereocenters. The van der Waals surface area contributed by atoms with Gasteiger partial charge in [0.25, 0.3) is 0 Å². The fraction of sp³-hybridized carbons (Fsp3) is 0.408. The monoisotopic (exact) mass is 1610 g/mol. The van der Waals surface area contributed by atoms with E-state index in [-0.39, 0.29) is 0 Å². The third-order valence-electron chi connectivity index (χ3n) is 15.5. The summed E-state index contributed by atoms with van der Waals surface area (Å²) in [5.74, 6) is 2.26. The van der Waals surface area contributed by atoms with Gasteiger partial charge in [-0.25, -0.2) is 0 Å². The number of benzene rings is 7. The highest BCUT2D eigenvalue weighted by Crippen LogP contribution is 2.46. The number of halogens is 24. The number of para-hydroxylation sites is 3. The summed E-state index contributed by atoms with van der Waals surface area (Å²) in [4.78, 5) is 2.98. The molecule has 7 aromatic rings. The van der Waals surface area contributed by atoms with Crippen LogP contribution < -0.4 is 36.1 Å². The van der Waals surface area contributed by atoms with Crippen molar-refractivity contribution in [3.05, 3.63) is 190 Å². The van der Waals surface area contributed by atoms with Crippen molar-refractivity contribution in [3.63, 3.8) is 0 Å². The first kappa shape index (κ1) is 90.2. The highest BCUT2D eigenvalue weighted by Gasteiger charge is 2.48. The standard InChI is InChI=1S/C39H57O12S.C32H12BF24/c1-40-16-19-43-22-25-46-28-31-49-34-10-4-7-13-37(34)52(38-14-8-5-11-35(38)50-32-29-47-26-23-44-20-17-41-2)39-15-9-6-12-36(39)51-33-30-48-27-24-45-21-18-42-3;34-25(35,36)13-1-14(26(37,38)39)6-21(5-13)33(22-7-15(27(40,41)42)2-16(8-22)28(43,44)45,23-9-17(29(46,47)48)3-18(10-23)30(49,50)51)24-11-19(31(52,53)54)4-20(12-24)32(55,56)57/h4-15H,16-33H2,1-3H3;1-12H/q+1;-1. The van der Waals surface area contributed by atoms with E-state index in [0.717, 1.165) is 31.9 Å². The van der Waals surface area contributed by atoms with Gasteiger partial charge in [0.05, 0.1) is 144 Å². The van der Waals surface area contributed by atoms with Crippen LogP contribution in [0.4, 0.5) is 105 Å². The van der Waals surface area contributed by atoms with E-state index in [4.69, 9.17) is 56.8 Å². The molecule has 0 aliphatic carbocycles. The number of ether oxygens (including phenoxy) is 12. The normalized spacial score (nSPS) is 12.9. The fourth-order valence-electron chi connectivity index (χ4n) is 10.7. The van der Waals surface area contributed by atoms with Gasteiger partial charge in [-0.3, -0.25) is 0 Å². The summed E-state index contributed by atoms with van der Waals surface area (Å²) in [6, 6.07) is 15.4. The zero-order valence-electron chi connectivity index (χ0n) is 57.5. The van der Waals surface area contributed by atoms with Crippen molar-refractivity contribution >= 4 is 38.9 Å². The average Bonchev–Trinajstić information content (AvgIpc) is 0.707. The van der Waals surface area contributed by atoms with Crippen LogP contribution in [0, 0.1) is 0 Å². The van der Waals surface area contributed by atoms with Crippen LogP contribution in [0.2, 0.25) is 0 Å². The number of alkyl halides is 24. The van der Waals surface area contributed by atoms with E-state index < -0.39 is 206 Å². The molecule has 7 rings (SSSR count). The molecule has 0 fully saturated rings. The van der Waals surface area contributed by atoms with Gasteiger partial charge in [0.1, 0.15) is 36.9 Å². The molecular weight excluding hydrogens is 1540 g/mol. The maximum atomic E-state index is 14.2. The highest BCUT2D eigenvalue weighted by atomic mass is 32.2. The second kappa shape index (κ2) is 40.0. The summed E-state index contributed by atoms with van der Waals surface area (Å²) < 4.78 is 409. The maximum absolute atomic E-state index is 14.2. The molecule has 38 heteroatoms. The van der Waals surface area contributed by atoms with Crippen LogP contribution >= 0.6 is 0 Å². The van der Waals surface area contributed by atoms with Crippen LogP contribution in [0.3, 0.4) is 0 Å². The summed E-state index contributed by atoms with van der Waals surface area (Å²) in [6.07, 6.45) is -54.8. The summed E-state index contributed by atoms with van der Waals surface area (Å²) in [6.45, 7) is 8.60. The lowest BCUT2D eigenvalue weighted by molar-refractivity contribution is -0.144. The lowest BCUT2D eigenvalue weighted by Gasteiger charge is -2.46. The van der Waals surface area contributed by atoms with E-state index in [9.17, 15) is 105 Å². The minimum atomic E-state index is -6.13. The second-order valence-electron chi connectivity index (χ2n) is 23.1. The van der Waals surface area contributed by atoms with Crippen molar-refractivity contribution in [1.29, 1.82) is 0 Å². The highest BCUT2D eigenvalue weighted by molar-refractivity contribution is 7.97. The molecule has 0 saturated heterocycles. The van der Waals surface area contributed by atoms with Gasteiger partial charge in [0.15, 0.2) is 17.2 Å². The predicted octanol–water partition coefficient (Wildman–Crippen LogP) is 16.2. The van der Waals surface area contributed by atoms with E-state index in [1.807, 2.05) is 54.6 Å². The Bertz CT molecular complexity index is 3360. The van der Waals surface area contributed by atoms with Gasteiger partial charge in [-0.2, -0.15) is 127 Å². The summed E-state index contributed by atoms with van der Waals surface area (Å²) in [5.41, 5.74) is -30.2. The molecule has 12 nitrogen and oxygen atoms in total. The van der Waals surface area contributed by atoms with Gasteiger partial charge in [-0.15, -0.1) is 0 Å². The summed E-state index contributed by atoms with van der Waals surface area (Å²) in [5, 5.41) is 0. The quantitative estimate of drug-likeness (QED) is 0.0160. The van der Waals surface area contributed by atoms with Crippen LogP contribution in [0.15, 0.2) is 160 Å². The minimum absolute atomic E-state index is 0.377. The zero-order valence-corrected chi connectivity index (χ0v) is 58.4. The first-order valence-corrected chi connectivity index (χ1v) is 33.5. The molecule has 602 valence electrons. The van der Waals surface area contributed by atoms with E-state index in [1.54, 1.807) is 21.3 Å². The third-order valence-corrected chi connectivity index (χ3v) is 17.8. The van der Waals surface area contributed by atoms with Crippen LogP contribution in [-0.2, 0) is 103 Å². The first-order chi connectivity index (χ1) is 51.1. The predicted molar refractivity (Wildman–Crippen MR) is 349 cm³/mol. The van der Waals surface area contributed by atoms with Crippen LogP contribution in [0.25, 0.3) is 0 Å². The Morgan fingerprint density at radius 1 is 0.229 bits per heavy atom. The molecule has 0 atom stereocenters. The van der Waals surface area contributed by atoms with Crippen LogP contribution in [0.1, 0.15) is 44.5 Å². The SMILES string of the molecule is COCCOCCOCCOc1ccccc1[S+](c1ccccc1OCCOCCOCCOC)c1ccccc1OCCOCCOCCOC.FC(F)(F)c1cc([B-](c2cc(C(F)(F)F)cc(C(F)(F)F)c2)(c2cc(C(F)(F)F)cc(C(F)(F)F)c2)c2cc(C(F)(F)F)cc(C(F)(F)F)c2)cc(C(F)(F)F)c1.